The first-order chi connectivity index (χ1) is 14.3. The molecule has 0 bridgehead atoms. The second-order valence-corrected chi connectivity index (χ2v) is 6.38. The van der Waals surface area contributed by atoms with Crippen molar-refractivity contribution in [3.8, 4) is 28.4 Å². The Balaban J connectivity index is 1.88. The monoisotopic (exact) mass is 419 g/mol. The van der Waals surface area contributed by atoms with E-state index in [1.54, 1.807) is 48.5 Å². The molecule has 0 radical (unpaired) electrons. The van der Waals surface area contributed by atoms with E-state index in [0.29, 0.717) is 29.3 Å². The SMILES string of the molecule is COc1ccc(-n2nc(C(F)(F)F)cc2-c2ccc(OCCNC(C)=O)cc2)cc1. The lowest BCUT2D eigenvalue weighted by Crippen LogP contribution is -2.25. The van der Waals surface area contributed by atoms with E-state index >= 15 is 0 Å². The fourth-order valence-electron chi connectivity index (χ4n) is 2.76. The lowest BCUT2D eigenvalue weighted by atomic mass is 10.1. The zero-order valence-corrected chi connectivity index (χ0v) is 16.4. The molecule has 158 valence electrons. The molecule has 0 saturated heterocycles. The normalized spacial score (nSPS) is 11.2. The van der Waals surface area contributed by atoms with Crippen molar-refractivity contribution in [1.29, 1.82) is 0 Å². The highest BCUT2D eigenvalue weighted by Gasteiger charge is 2.35. The third kappa shape index (κ3) is 5.11. The third-order valence-electron chi connectivity index (χ3n) is 4.21. The minimum atomic E-state index is -4.57. The van der Waals surface area contributed by atoms with Gasteiger partial charge < -0.3 is 14.8 Å². The van der Waals surface area contributed by atoms with Crippen LogP contribution in [0.1, 0.15) is 12.6 Å². The summed E-state index contributed by atoms with van der Waals surface area (Å²) in [6.45, 7) is 2.05. The maximum Gasteiger partial charge on any atom is 0.435 e. The Hall–Kier alpha value is -3.49. The van der Waals surface area contributed by atoms with E-state index < -0.39 is 11.9 Å². The van der Waals surface area contributed by atoms with Crippen LogP contribution in [0.5, 0.6) is 11.5 Å². The molecule has 3 rings (SSSR count). The zero-order valence-electron chi connectivity index (χ0n) is 16.4. The molecular weight excluding hydrogens is 399 g/mol. The van der Waals surface area contributed by atoms with Crippen LogP contribution in [0.2, 0.25) is 0 Å². The minimum absolute atomic E-state index is 0.152. The molecule has 1 amide bonds. The van der Waals surface area contributed by atoms with E-state index in [9.17, 15) is 18.0 Å². The van der Waals surface area contributed by atoms with Gasteiger partial charge in [0.05, 0.1) is 25.0 Å². The molecule has 9 heteroatoms. The molecule has 1 N–H and O–H groups in total. The lowest BCUT2D eigenvalue weighted by Gasteiger charge is -2.10. The topological polar surface area (TPSA) is 65.4 Å². The maximum atomic E-state index is 13.3. The first-order valence-electron chi connectivity index (χ1n) is 9.07. The van der Waals surface area contributed by atoms with Gasteiger partial charge >= 0.3 is 6.18 Å². The number of ether oxygens (including phenoxy) is 2. The van der Waals surface area contributed by atoms with E-state index in [1.807, 2.05) is 0 Å². The molecule has 0 aliphatic rings. The zero-order chi connectivity index (χ0) is 21.7. The first kappa shape index (κ1) is 21.2. The highest BCUT2D eigenvalue weighted by molar-refractivity contribution is 5.72. The van der Waals surface area contributed by atoms with Crippen LogP contribution in [0.15, 0.2) is 54.6 Å². The lowest BCUT2D eigenvalue weighted by molar-refractivity contribution is -0.141. The van der Waals surface area contributed by atoms with Crippen molar-refractivity contribution in [2.45, 2.75) is 13.1 Å². The summed E-state index contributed by atoms with van der Waals surface area (Å²) in [7, 11) is 1.51. The third-order valence-corrected chi connectivity index (χ3v) is 4.21. The largest absolute Gasteiger partial charge is 0.497 e. The van der Waals surface area contributed by atoms with Crippen molar-refractivity contribution in [3.05, 3.63) is 60.3 Å². The second-order valence-electron chi connectivity index (χ2n) is 6.38. The molecule has 0 spiro atoms. The average molecular weight is 419 g/mol. The van der Waals surface area contributed by atoms with E-state index in [1.165, 1.54) is 18.7 Å². The van der Waals surface area contributed by atoms with Gasteiger partial charge in [-0.25, -0.2) is 4.68 Å². The molecule has 6 nitrogen and oxygen atoms in total. The van der Waals surface area contributed by atoms with Crippen molar-refractivity contribution in [2.24, 2.45) is 0 Å². The molecular formula is C21H20F3N3O3. The number of halogens is 3. The molecule has 0 fully saturated rings. The van der Waals surface area contributed by atoms with Crippen LogP contribution >= 0.6 is 0 Å². The van der Waals surface area contributed by atoms with E-state index in [2.05, 4.69) is 10.4 Å². The van der Waals surface area contributed by atoms with Gasteiger partial charge in [-0.05, 0) is 54.6 Å². The summed E-state index contributed by atoms with van der Waals surface area (Å²) in [5, 5.41) is 6.38. The van der Waals surface area contributed by atoms with Gasteiger partial charge in [-0.3, -0.25) is 4.79 Å². The van der Waals surface area contributed by atoms with Crippen molar-refractivity contribution >= 4 is 5.91 Å². The summed E-state index contributed by atoms with van der Waals surface area (Å²) in [5.41, 5.74) is 0.321. The molecule has 3 aromatic rings. The summed E-state index contributed by atoms with van der Waals surface area (Å²) in [6, 6.07) is 14.2. The number of nitrogens with one attached hydrogen (secondary N) is 1. The van der Waals surface area contributed by atoms with Gasteiger partial charge in [0.15, 0.2) is 5.69 Å². The number of carbonyl (C=O) groups excluding carboxylic acids is 1. The van der Waals surface area contributed by atoms with Gasteiger partial charge in [0.25, 0.3) is 0 Å². The van der Waals surface area contributed by atoms with E-state index in [0.717, 1.165) is 6.07 Å². The summed E-state index contributed by atoms with van der Waals surface area (Å²) in [4.78, 5) is 10.9. The Bertz CT molecular complexity index is 997. The predicted molar refractivity (Wildman–Crippen MR) is 105 cm³/mol. The van der Waals surface area contributed by atoms with Gasteiger partial charge in [-0.1, -0.05) is 0 Å². The van der Waals surface area contributed by atoms with Crippen molar-refractivity contribution in [3.63, 3.8) is 0 Å². The number of hydrogen-bond donors (Lipinski definition) is 1. The van der Waals surface area contributed by atoms with Crippen LogP contribution in [-0.4, -0.2) is 35.9 Å². The fourth-order valence-corrected chi connectivity index (χ4v) is 2.76. The summed E-state index contributed by atoms with van der Waals surface area (Å²) in [5.74, 6) is 0.973. The fraction of sp³-hybridized carbons (Fsp3) is 0.238. The van der Waals surface area contributed by atoms with Gasteiger partial charge in [0, 0.05) is 12.5 Å². The van der Waals surface area contributed by atoms with Crippen LogP contribution < -0.4 is 14.8 Å². The number of carbonyl (C=O) groups is 1. The highest BCUT2D eigenvalue weighted by atomic mass is 19.4. The standard InChI is InChI=1S/C21H20F3N3O3/c1-14(28)25-11-12-30-18-7-3-15(4-8-18)19-13-20(21(22,23)24)26-27(19)16-5-9-17(29-2)10-6-16/h3-10,13H,11-12H2,1-2H3,(H,25,28). The smallest absolute Gasteiger partial charge is 0.435 e. The van der Waals surface area contributed by atoms with Crippen molar-refractivity contribution in [1.82, 2.24) is 15.1 Å². The Morgan fingerprint density at radius 3 is 2.27 bits per heavy atom. The van der Waals surface area contributed by atoms with Gasteiger partial charge in [0.1, 0.15) is 18.1 Å². The first-order valence-corrected chi connectivity index (χ1v) is 9.07. The number of benzene rings is 2. The van der Waals surface area contributed by atoms with E-state index in [-0.39, 0.29) is 18.2 Å². The van der Waals surface area contributed by atoms with Crippen LogP contribution in [-0.2, 0) is 11.0 Å². The van der Waals surface area contributed by atoms with Crippen molar-refractivity contribution in [2.75, 3.05) is 20.3 Å². The highest BCUT2D eigenvalue weighted by Crippen LogP contribution is 2.34. The molecule has 0 saturated carbocycles. The van der Waals surface area contributed by atoms with Crippen LogP contribution in [0.25, 0.3) is 16.9 Å². The summed E-state index contributed by atoms with van der Waals surface area (Å²) in [6.07, 6.45) is -4.57. The molecule has 30 heavy (non-hydrogen) atoms. The maximum absolute atomic E-state index is 13.3. The number of alkyl halides is 3. The number of amides is 1. The molecule has 2 aromatic carbocycles. The Kier molecular flexibility index (Phi) is 6.29. The van der Waals surface area contributed by atoms with Crippen LogP contribution in [0.4, 0.5) is 13.2 Å². The quantitative estimate of drug-likeness (QED) is 0.586. The van der Waals surface area contributed by atoms with Gasteiger partial charge in [-0.2, -0.15) is 18.3 Å². The molecule has 1 aromatic heterocycles. The predicted octanol–water partition coefficient (Wildman–Crippen LogP) is 4.08. The second kappa shape index (κ2) is 8.89. The Labute approximate surface area is 171 Å². The molecule has 0 aliphatic carbocycles. The minimum Gasteiger partial charge on any atom is -0.497 e. The molecule has 0 atom stereocenters. The molecule has 1 heterocycles. The van der Waals surface area contributed by atoms with Gasteiger partial charge in [0.2, 0.25) is 5.91 Å². The number of aromatic nitrogens is 2. The Morgan fingerprint density at radius 2 is 1.70 bits per heavy atom. The van der Waals surface area contributed by atoms with E-state index in [4.69, 9.17) is 9.47 Å². The number of rotatable bonds is 7. The number of hydrogen-bond acceptors (Lipinski definition) is 4. The Morgan fingerprint density at radius 1 is 1.07 bits per heavy atom. The van der Waals surface area contributed by atoms with Crippen LogP contribution in [0, 0.1) is 0 Å². The number of methoxy groups -OCH3 is 1. The average Bonchev–Trinajstić information content (AvgIpc) is 3.17. The summed E-state index contributed by atoms with van der Waals surface area (Å²) >= 11 is 0. The van der Waals surface area contributed by atoms with Crippen molar-refractivity contribution < 1.29 is 27.4 Å². The number of nitrogens with zero attached hydrogens (tertiary/aromatic N) is 2. The van der Waals surface area contributed by atoms with Gasteiger partial charge in [-0.15, -0.1) is 0 Å². The van der Waals surface area contributed by atoms with Crippen LogP contribution in [0.3, 0.4) is 0 Å². The molecule has 0 unspecified atom stereocenters. The summed E-state index contributed by atoms with van der Waals surface area (Å²) < 4.78 is 51.7. The molecule has 0 aliphatic heterocycles.